The SMILES string of the molecule is NS(=O)(=O)c1cnn(Cc2cccc(F)c2)c1. The minimum atomic E-state index is -3.74. The summed E-state index contributed by atoms with van der Waals surface area (Å²) in [5.41, 5.74) is 0.689. The van der Waals surface area contributed by atoms with Crippen LogP contribution in [0, 0.1) is 5.82 Å². The lowest BCUT2D eigenvalue weighted by molar-refractivity contribution is 0.597. The lowest BCUT2D eigenvalue weighted by Gasteiger charge is -2.01. The van der Waals surface area contributed by atoms with E-state index < -0.39 is 10.0 Å². The second kappa shape index (κ2) is 4.27. The Balaban J connectivity index is 2.23. The van der Waals surface area contributed by atoms with E-state index in [0.717, 1.165) is 6.20 Å². The van der Waals surface area contributed by atoms with Gasteiger partial charge in [-0.25, -0.2) is 17.9 Å². The number of halogens is 1. The number of hydrogen-bond acceptors (Lipinski definition) is 3. The van der Waals surface area contributed by atoms with Crippen molar-refractivity contribution in [2.75, 3.05) is 0 Å². The molecule has 0 fully saturated rings. The summed E-state index contributed by atoms with van der Waals surface area (Å²) in [4.78, 5) is -0.0612. The predicted octanol–water partition coefficient (Wildman–Crippen LogP) is 0.718. The largest absolute Gasteiger partial charge is 0.267 e. The van der Waals surface area contributed by atoms with Crippen molar-refractivity contribution < 1.29 is 12.8 Å². The molecule has 1 heterocycles. The number of hydrogen-bond donors (Lipinski definition) is 1. The second-order valence-electron chi connectivity index (χ2n) is 3.55. The van der Waals surface area contributed by atoms with E-state index in [-0.39, 0.29) is 17.3 Å². The lowest BCUT2D eigenvalue weighted by Crippen LogP contribution is -2.11. The standard InChI is InChI=1S/C10H10FN3O2S/c11-9-3-1-2-8(4-9)6-14-7-10(5-13-14)17(12,15)16/h1-5,7H,6H2,(H2,12,15,16). The van der Waals surface area contributed by atoms with Crippen LogP contribution in [0.15, 0.2) is 41.6 Å². The van der Waals surface area contributed by atoms with Crippen LogP contribution in [0.2, 0.25) is 0 Å². The summed E-state index contributed by atoms with van der Waals surface area (Å²) >= 11 is 0. The Morgan fingerprint density at radius 2 is 2.18 bits per heavy atom. The van der Waals surface area contributed by atoms with Gasteiger partial charge < -0.3 is 0 Å². The zero-order chi connectivity index (χ0) is 12.5. The van der Waals surface area contributed by atoms with Crippen molar-refractivity contribution in [2.45, 2.75) is 11.4 Å². The van der Waals surface area contributed by atoms with Crippen molar-refractivity contribution in [1.82, 2.24) is 9.78 Å². The van der Waals surface area contributed by atoms with Gasteiger partial charge in [0, 0.05) is 6.20 Å². The summed E-state index contributed by atoms with van der Waals surface area (Å²) in [6.45, 7) is 0.285. The third kappa shape index (κ3) is 2.89. The minimum Gasteiger partial charge on any atom is -0.267 e. The number of aromatic nitrogens is 2. The molecule has 17 heavy (non-hydrogen) atoms. The van der Waals surface area contributed by atoms with Gasteiger partial charge in [-0.3, -0.25) is 4.68 Å². The van der Waals surface area contributed by atoms with Gasteiger partial charge in [-0.2, -0.15) is 5.10 Å². The van der Waals surface area contributed by atoms with Crippen molar-refractivity contribution >= 4 is 10.0 Å². The molecule has 5 nitrogen and oxygen atoms in total. The molecule has 0 aliphatic rings. The highest BCUT2D eigenvalue weighted by atomic mass is 32.2. The number of nitrogens with zero attached hydrogens (tertiary/aromatic N) is 2. The first-order valence-electron chi connectivity index (χ1n) is 4.75. The first-order chi connectivity index (χ1) is 7.95. The van der Waals surface area contributed by atoms with Gasteiger partial charge in [0.05, 0.1) is 12.7 Å². The van der Waals surface area contributed by atoms with Crippen LogP contribution in [0.25, 0.3) is 0 Å². The van der Waals surface area contributed by atoms with E-state index in [4.69, 9.17) is 5.14 Å². The molecule has 2 rings (SSSR count). The molecule has 7 heteroatoms. The summed E-state index contributed by atoms with van der Waals surface area (Å²) < 4.78 is 36.3. The van der Waals surface area contributed by atoms with Crippen LogP contribution in [0.4, 0.5) is 4.39 Å². The molecule has 0 atom stereocenters. The van der Waals surface area contributed by atoms with Crippen LogP contribution >= 0.6 is 0 Å². The first kappa shape index (κ1) is 11.7. The number of rotatable bonds is 3. The van der Waals surface area contributed by atoms with E-state index in [2.05, 4.69) is 5.10 Å². The number of sulfonamides is 1. The van der Waals surface area contributed by atoms with Crippen molar-refractivity contribution in [2.24, 2.45) is 5.14 Å². The number of benzene rings is 1. The first-order valence-corrected chi connectivity index (χ1v) is 6.29. The maximum absolute atomic E-state index is 12.9. The van der Waals surface area contributed by atoms with Gasteiger partial charge in [0.2, 0.25) is 10.0 Å². The zero-order valence-corrected chi connectivity index (χ0v) is 9.56. The molecule has 2 N–H and O–H groups in total. The summed E-state index contributed by atoms with van der Waals surface area (Å²) in [5, 5.41) is 8.79. The molecule has 1 aromatic carbocycles. The van der Waals surface area contributed by atoms with Crippen LogP contribution in [-0.4, -0.2) is 18.2 Å². The van der Waals surface area contributed by atoms with Crippen molar-refractivity contribution in [1.29, 1.82) is 0 Å². The Labute approximate surface area is 97.7 Å². The van der Waals surface area contributed by atoms with E-state index >= 15 is 0 Å². The molecule has 0 bridgehead atoms. The van der Waals surface area contributed by atoms with E-state index in [1.807, 2.05) is 0 Å². The van der Waals surface area contributed by atoms with Gasteiger partial charge in [0.15, 0.2) is 0 Å². The Morgan fingerprint density at radius 1 is 1.41 bits per heavy atom. The molecule has 1 aromatic heterocycles. The Hall–Kier alpha value is -1.73. The van der Waals surface area contributed by atoms with E-state index in [1.165, 1.54) is 23.0 Å². The predicted molar refractivity (Wildman–Crippen MR) is 59.1 cm³/mol. The molecule has 0 amide bonds. The third-order valence-corrected chi connectivity index (χ3v) is 3.04. The lowest BCUT2D eigenvalue weighted by atomic mass is 10.2. The molecule has 0 aliphatic heterocycles. The molecular weight excluding hydrogens is 245 g/mol. The van der Waals surface area contributed by atoms with Crippen molar-refractivity contribution in [3.05, 3.63) is 48.0 Å². The summed E-state index contributed by atoms with van der Waals surface area (Å²) in [6, 6.07) is 6.00. The van der Waals surface area contributed by atoms with Crippen LogP contribution in [0.5, 0.6) is 0 Å². The molecule has 0 aliphatic carbocycles. The maximum atomic E-state index is 12.9. The van der Waals surface area contributed by atoms with Crippen LogP contribution in [-0.2, 0) is 16.6 Å². The Kier molecular flexibility index (Phi) is 2.95. The molecule has 0 unspecified atom stereocenters. The van der Waals surface area contributed by atoms with Gasteiger partial charge in [0.25, 0.3) is 0 Å². The average Bonchev–Trinajstić information content (AvgIpc) is 2.65. The molecule has 0 spiro atoms. The highest BCUT2D eigenvalue weighted by Crippen LogP contribution is 2.08. The fourth-order valence-electron chi connectivity index (χ4n) is 1.40. The van der Waals surface area contributed by atoms with Crippen LogP contribution < -0.4 is 5.14 Å². The van der Waals surface area contributed by atoms with Gasteiger partial charge in [-0.05, 0) is 17.7 Å². The number of nitrogens with two attached hydrogens (primary N) is 1. The van der Waals surface area contributed by atoms with Gasteiger partial charge >= 0.3 is 0 Å². The molecular formula is C10H10FN3O2S. The Bertz CT molecular complexity index is 637. The highest BCUT2D eigenvalue weighted by molar-refractivity contribution is 7.89. The van der Waals surface area contributed by atoms with Crippen LogP contribution in [0.1, 0.15) is 5.56 Å². The zero-order valence-electron chi connectivity index (χ0n) is 8.75. The topological polar surface area (TPSA) is 78.0 Å². The van der Waals surface area contributed by atoms with E-state index in [9.17, 15) is 12.8 Å². The summed E-state index contributed by atoms with van der Waals surface area (Å²) in [5.74, 6) is -0.346. The van der Waals surface area contributed by atoms with E-state index in [1.54, 1.807) is 12.1 Å². The fourth-order valence-corrected chi connectivity index (χ4v) is 1.86. The van der Waals surface area contributed by atoms with Crippen LogP contribution in [0.3, 0.4) is 0 Å². The summed E-state index contributed by atoms with van der Waals surface area (Å²) in [6.07, 6.45) is 2.47. The molecule has 0 saturated heterocycles. The van der Waals surface area contributed by atoms with Crippen molar-refractivity contribution in [3.8, 4) is 0 Å². The molecule has 0 saturated carbocycles. The molecule has 90 valence electrons. The quantitative estimate of drug-likeness (QED) is 0.877. The van der Waals surface area contributed by atoms with Gasteiger partial charge in [0.1, 0.15) is 10.7 Å². The third-order valence-electron chi connectivity index (χ3n) is 2.17. The van der Waals surface area contributed by atoms with E-state index in [0.29, 0.717) is 5.56 Å². The Morgan fingerprint density at radius 3 is 2.76 bits per heavy atom. The monoisotopic (exact) mass is 255 g/mol. The molecule has 0 radical (unpaired) electrons. The fraction of sp³-hybridized carbons (Fsp3) is 0.100. The smallest absolute Gasteiger partial charge is 0.241 e. The van der Waals surface area contributed by atoms with Crippen molar-refractivity contribution in [3.63, 3.8) is 0 Å². The normalized spacial score (nSPS) is 11.6. The number of primary sulfonamides is 1. The average molecular weight is 255 g/mol. The maximum Gasteiger partial charge on any atom is 0.241 e. The minimum absolute atomic E-state index is 0.0612. The van der Waals surface area contributed by atoms with Gasteiger partial charge in [-0.1, -0.05) is 12.1 Å². The second-order valence-corrected chi connectivity index (χ2v) is 5.11. The van der Waals surface area contributed by atoms with Gasteiger partial charge in [-0.15, -0.1) is 0 Å². The summed E-state index contributed by atoms with van der Waals surface area (Å²) in [7, 11) is -3.74. The highest BCUT2D eigenvalue weighted by Gasteiger charge is 2.10. The molecule has 2 aromatic rings.